The molecule has 0 bridgehead atoms. The minimum atomic E-state index is 0. The number of halogens is 1. The first kappa shape index (κ1) is 20.4. The summed E-state index contributed by atoms with van der Waals surface area (Å²) < 4.78 is 11.4. The lowest BCUT2D eigenvalue weighted by Gasteiger charge is -2.21. The molecule has 0 unspecified atom stereocenters. The summed E-state index contributed by atoms with van der Waals surface area (Å²) in [6, 6.07) is 13.0. The number of rotatable bonds is 6. The number of aromatic nitrogens is 2. The second-order valence-corrected chi connectivity index (χ2v) is 6.92. The minimum absolute atomic E-state index is 0. The van der Waals surface area contributed by atoms with Crippen LogP contribution in [0.5, 0.6) is 11.8 Å². The Hall–Kier alpha value is -2.37. The SMILES string of the molecule is CCOc1ccc2cc(-c3cnc(OCC4CCNCC4)nc3)ccc2c1.Cl. The highest BCUT2D eigenvalue weighted by molar-refractivity contribution is 5.88. The Morgan fingerprint density at radius 2 is 1.64 bits per heavy atom. The van der Waals surface area contributed by atoms with Crippen LogP contribution in [0.2, 0.25) is 0 Å². The minimum Gasteiger partial charge on any atom is -0.494 e. The van der Waals surface area contributed by atoms with E-state index in [9.17, 15) is 0 Å². The molecule has 5 nitrogen and oxygen atoms in total. The smallest absolute Gasteiger partial charge is 0.316 e. The second kappa shape index (κ2) is 9.71. The number of ether oxygens (including phenoxy) is 2. The molecule has 28 heavy (non-hydrogen) atoms. The van der Waals surface area contributed by atoms with Gasteiger partial charge in [-0.1, -0.05) is 18.2 Å². The molecule has 2 aromatic carbocycles. The lowest BCUT2D eigenvalue weighted by atomic mass is 9.99. The molecule has 1 aromatic heterocycles. The molecule has 2 heterocycles. The first-order valence-electron chi connectivity index (χ1n) is 9.64. The van der Waals surface area contributed by atoms with E-state index in [4.69, 9.17) is 9.47 Å². The molecule has 0 spiro atoms. The Balaban J connectivity index is 0.00000225. The summed E-state index contributed by atoms with van der Waals surface area (Å²) in [4.78, 5) is 8.78. The molecule has 0 saturated carbocycles. The highest BCUT2D eigenvalue weighted by atomic mass is 35.5. The standard InChI is InChI=1S/C22H25N3O2.ClH/c1-2-26-21-6-5-17-11-18(3-4-19(17)12-21)20-13-24-22(25-14-20)27-15-16-7-9-23-10-8-16;/h3-6,11-14,16,23H,2,7-10,15H2,1H3;1H. The molecule has 148 valence electrons. The van der Waals surface area contributed by atoms with Crippen LogP contribution in [0.25, 0.3) is 21.9 Å². The van der Waals surface area contributed by atoms with Crippen LogP contribution in [0, 0.1) is 5.92 Å². The number of hydrogen-bond acceptors (Lipinski definition) is 5. The fraction of sp³-hybridized carbons (Fsp3) is 0.364. The second-order valence-electron chi connectivity index (χ2n) is 6.92. The summed E-state index contributed by atoms with van der Waals surface area (Å²) in [5.74, 6) is 1.49. The first-order chi connectivity index (χ1) is 13.3. The van der Waals surface area contributed by atoms with E-state index in [2.05, 4.69) is 45.6 Å². The van der Waals surface area contributed by atoms with Gasteiger partial charge in [0.2, 0.25) is 0 Å². The average molecular weight is 400 g/mol. The van der Waals surface area contributed by atoms with Crippen LogP contribution in [0.1, 0.15) is 19.8 Å². The number of benzene rings is 2. The molecule has 0 aliphatic carbocycles. The van der Waals surface area contributed by atoms with E-state index in [1.54, 1.807) is 0 Å². The number of nitrogens with zero attached hydrogens (tertiary/aromatic N) is 2. The van der Waals surface area contributed by atoms with Crippen LogP contribution >= 0.6 is 12.4 Å². The van der Waals surface area contributed by atoms with E-state index in [-0.39, 0.29) is 12.4 Å². The Labute approximate surface area is 171 Å². The largest absolute Gasteiger partial charge is 0.494 e. The predicted octanol–water partition coefficient (Wildman–Crippen LogP) is 4.50. The van der Waals surface area contributed by atoms with Gasteiger partial charge in [0.25, 0.3) is 0 Å². The van der Waals surface area contributed by atoms with E-state index in [1.165, 1.54) is 5.39 Å². The number of nitrogens with one attached hydrogen (secondary N) is 1. The quantitative estimate of drug-likeness (QED) is 0.661. The van der Waals surface area contributed by atoms with Crippen LogP contribution in [0.15, 0.2) is 48.8 Å². The summed E-state index contributed by atoms with van der Waals surface area (Å²) in [6.45, 7) is 5.50. The van der Waals surface area contributed by atoms with Gasteiger partial charge in [0.15, 0.2) is 0 Å². The van der Waals surface area contributed by atoms with Gasteiger partial charge in [-0.2, -0.15) is 0 Å². The zero-order chi connectivity index (χ0) is 18.5. The van der Waals surface area contributed by atoms with Gasteiger partial charge >= 0.3 is 6.01 Å². The van der Waals surface area contributed by atoms with Crippen LogP contribution in [0.4, 0.5) is 0 Å². The lowest BCUT2D eigenvalue weighted by molar-refractivity contribution is 0.202. The van der Waals surface area contributed by atoms with Crippen molar-refractivity contribution in [1.82, 2.24) is 15.3 Å². The van der Waals surface area contributed by atoms with E-state index in [0.29, 0.717) is 25.1 Å². The molecular formula is C22H26ClN3O2. The fourth-order valence-corrected chi connectivity index (χ4v) is 3.44. The highest BCUT2D eigenvalue weighted by Crippen LogP contribution is 2.27. The summed E-state index contributed by atoms with van der Waals surface area (Å²) >= 11 is 0. The van der Waals surface area contributed by atoms with E-state index < -0.39 is 0 Å². The van der Waals surface area contributed by atoms with Crippen molar-refractivity contribution < 1.29 is 9.47 Å². The monoisotopic (exact) mass is 399 g/mol. The zero-order valence-corrected chi connectivity index (χ0v) is 16.9. The van der Waals surface area contributed by atoms with Gasteiger partial charge in [-0.25, -0.2) is 9.97 Å². The molecule has 3 aromatic rings. The summed E-state index contributed by atoms with van der Waals surface area (Å²) in [7, 11) is 0. The number of hydrogen-bond donors (Lipinski definition) is 1. The number of fused-ring (bicyclic) bond motifs is 1. The zero-order valence-electron chi connectivity index (χ0n) is 16.1. The van der Waals surface area contributed by atoms with E-state index in [1.807, 2.05) is 25.4 Å². The Kier molecular flexibility index (Phi) is 7.06. The molecule has 1 N–H and O–H groups in total. The van der Waals surface area contributed by atoms with Crippen molar-refractivity contribution in [2.75, 3.05) is 26.3 Å². The van der Waals surface area contributed by atoms with Gasteiger partial charge in [0, 0.05) is 18.0 Å². The molecule has 0 amide bonds. The van der Waals surface area contributed by atoms with Crippen molar-refractivity contribution >= 4 is 23.2 Å². The van der Waals surface area contributed by atoms with E-state index >= 15 is 0 Å². The summed E-state index contributed by atoms with van der Waals surface area (Å²) in [5, 5.41) is 5.70. The summed E-state index contributed by atoms with van der Waals surface area (Å²) in [6.07, 6.45) is 5.97. The Bertz CT molecular complexity index is 896. The molecule has 0 atom stereocenters. The maximum Gasteiger partial charge on any atom is 0.316 e. The molecular weight excluding hydrogens is 374 g/mol. The third-order valence-corrected chi connectivity index (χ3v) is 4.99. The molecule has 1 aliphatic rings. The Morgan fingerprint density at radius 1 is 0.929 bits per heavy atom. The normalized spacial score (nSPS) is 14.5. The maximum absolute atomic E-state index is 5.78. The fourth-order valence-electron chi connectivity index (χ4n) is 3.44. The van der Waals surface area contributed by atoms with Crippen LogP contribution in [-0.2, 0) is 0 Å². The molecule has 0 radical (unpaired) electrons. The Morgan fingerprint density at radius 3 is 2.39 bits per heavy atom. The maximum atomic E-state index is 5.78. The molecule has 1 aliphatic heterocycles. The molecule has 4 rings (SSSR count). The predicted molar refractivity (Wildman–Crippen MR) is 114 cm³/mol. The van der Waals surface area contributed by atoms with Gasteiger partial charge in [-0.3, -0.25) is 0 Å². The third-order valence-electron chi connectivity index (χ3n) is 4.99. The van der Waals surface area contributed by atoms with Crippen LogP contribution < -0.4 is 14.8 Å². The van der Waals surface area contributed by atoms with Crippen molar-refractivity contribution in [3.8, 4) is 22.9 Å². The van der Waals surface area contributed by atoms with Gasteiger partial charge in [0.1, 0.15) is 5.75 Å². The third kappa shape index (κ3) is 4.91. The van der Waals surface area contributed by atoms with Gasteiger partial charge in [-0.15, -0.1) is 12.4 Å². The van der Waals surface area contributed by atoms with Crippen molar-refractivity contribution in [3.63, 3.8) is 0 Å². The van der Waals surface area contributed by atoms with Gasteiger partial charge < -0.3 is 14.8 Å². The lowest BCUT2D eigenvalue weighted by Crippen LogP contribution is -2.30. The molecule has 1 fully saturated rings. The highest BCUT2D eigenvalue weighted by Gasteiger charge is 2.14. The van der Waals surface area contributed by atoms with Crippen molar-refractivity contribution in [1.29, 1.82) is 0 Å². The van der Waals surface area contributed by atoms with Gasteiger partial charge in [-0.05, 0) is 73.3 Å². The first-order valence-corrected chi connectivity index (χ1v) is 9.64. The van der Waals surface area contributed by atoms with Crippen LogP contribution in [0.3, 0.4) is 0 Å². The summed E-state index contributed by atoms with van der Waals surface area (Å²) in [5.41, 5.74) is 2.08. The van der Waals surface area contributed by atoms with Crippen LogP contribution in [-0.4, -0.2) is 36.3 Å². The molecule has 1 saturated heterocycles. The van der Waals surface area contributed by atoms with E-state index in [0.717, 1.165) is 48.2 Å². The topological polar surface area (TPSA) is 56.3 Å². The molecule has 6 heteroatoms. The average Bonchev–Trinajstić information content (AvgIpc) is 2.73. The number of piperidine rings is 1. The van der Waals surface area contributed by atoms with Gasteiger partial charge in [0.05, 0.1) is 13.2 Å². The van der Waals surface area contributed by atoms with Crippen molar-refractivity contribution in [2.24, 2.45) is 5.92 Å². The van der Waals surface area contributed by atoms with Crippen molar-refractivity contribution in [2.45, 2.75) is 19.8 Å². The van der Waals surface area contributed by atoms with Crippen molar-refractivity contribution in [3.05, 3.63) is 48.8 Å².